The lowest BCUT2D eigenvalue weighted by Crippen LogP contribution is -2.62. The van der Waals surface area contributed by atoms with Crippen LogP contribution in [0.5, 0.6) is 0 Å². The maximum atomic E-state index is 2.63. The van der Waals surface area contributed by atoms with Crippen LogP contribution in [0.2, 0.25) is 0 Å². The molecule has 0 atom stereocenters. The Hall–Kier alpha value is -6.93. The molecule has 0 saturated carbocycles. The minimum absolute atomic E-state index is 0.129. The first-order valence-electron chi connectivity index (χ1n) is 23.8. The van der Waals surface area contributed by atoms with Gasteiger partial charge < -0.3 is 9.80 Å². The summed E-state index contributed by atoms with van der Waals surface area (Å²) >= 11 is 7.83. The van der Waals surface area contributed by atoms with Crippen molar-refractivity contribution >= 4 is 149 Å². The normalized spacial score (nSPS) is 13.4. The Bertz CT molecular complexity index is 3600. The van der Waals surface area contributed by atoms with Gasteiger partial charge in [-0.2, -0.15) is 0 Å². The van der Waals surface area contributed by atoms with Crippen LogP contribution in [0.25, 0.3) is 21.5 Å². The van der Waals surface area contributed by atoms with E-state index in [1.807, 2.05) is 47.0 Å². The number of anilines is 6. The van der Waals surface area contributed by atoms with Crippen molar-refractivity contribution in [3.05, 3.63) is 231 Å². The molecule has 4 heterocycles. The minimum atomic E-state index is 0.129. The van der Waals surface area contributed by atoms with E-state index in [9.17, 15) is 0 Å². The van der Waals surface area contributed by atoms with Crippen molar-refractivity contribution in [2.45, 2.75) is 39.2 Å². The molecule has 0 N–H and O–H groups in total. The third-order valence-corrected chi connectivity index (χ3v) is 19.1. The van der Waals surface area contributed by atoms with Gasteiger partial charge in [-0.1, -0.05) is 196 Å². The Labute approximate surface area is 425 Å². The standard InChI is InChI=1S/C62H38B2N2S4/c1-5-17-41(18-6-1)65(42-19-7-2-8-20-42)45-29-31-47-39(33-45)35-57-59-61(47)69-53-27-15-13-25-49(53)63(59)51-37-52-56(38-55(51)67-57)68-58-36-40-34-46(66(43-21-9-3-10-22-43)44-23-11-4-12-24-44)30-32-48(40)62-60(58)64(52)50-26-14-16-28-54(50)70-62/h1-38H. The van der Waals surface area contributed by atoms with Gasteiger partial charge >= 0.3 is 0 Å². The van der Waals surface area contributed by atoms with E-state index >= 15 is 0 Å². The highest BCUT2D eigenvalue weighted by Crippen LogP contribution is 2.48. The summed E-state index contributed by atoms with van der Waals surface area (Å²) in [7, 11) is 0. The van der Waals surface area contributed by atoms with E-state index in [1.165, 1.54) is 93.5 Å². The SMILES string of the molecule is c1ccc(N(c2ccccc2)c2ccc3c4c5c(cc3c2)Sc2cc3c(cc2B5c2ccccc2S4)B2c4ccccc4Sc4c2c(cc2cc(N(c5ccccc5)c5ccccc5)ccc42)S3)cc1. The number of hydrogen-bond acceptors (Lipinski definition) is 6. The molecular weight excluding hydrogens is 923 g/mol. The molecule has 0 radical (unpaired) electrons. The van der Waals surface area contributed by atoms with Gasteiger partial charge in [0.25, 0.3) is 0 Å². The molecule has 0 bridgehead atoms. The summed E-state index contributed by atoms with van der Waals surface area (Å²) < 4.78 is 0. The van der Waals surface area contributed by atoms with Crippen molar-refractivity contribution in [1.82, 2.24) is 0 Å². The molecule has 0 saturated heterocycles. The fourth-order valence-electron chi connectivity index (χ4n) is 11.4. The fourth-order valence-corrected chi connectivity index (χ4v) is 16.6. The zero-order valence-corrected chi connectivity index (χ0v) is 40.9. The van der Waals surface area contributed by atoms with Gasteiger partial charge in [-0.25, -0.2) is 0 Å². The Morgan fingerprint density at radius 2 is 0.629 bits per heavy atom. The molecule has 4 aliphatic rings. The van der Waals surface area contributed by atoms with Crippen LogP contribution >= 0.6 is 47.0 Å². The zero-order chi connectivity index (χ0) is 45.9. The number of benzene rings is 11. The summed E-state index contributed by atoms with van der Waals surface area (Å²) in [6.45, 7) is 0.258. The van der Waals surface area contributed by atoms with E-state index < -0.39 is 0 Å². The summed E-state index contributed by atoms with van der Waals surface area (Å²) in [6.07, 6.45) is 0. The van der Waals surface area contributed by atoms with Gasteiger partial charge in [0.2, 0.25) is 13.4 Å². The lowest BCUT2D eigenvalue weighted by atomic mass is 9.33. The lowest BCUT2D eigenvalue weighted by Gasteiger charge is -2.37. The molecule has 70 heavy (non-hydrogen) atoms. The summed E-state index contributed by atoms with van der Waals surface area (Å²) in [5, 5.41) is 5.15. The molecule has 8 heteroatoms. The molecule has 0 aromatic heterocycles. The van der Waals surface area contributed by atoms with E-state index in [-0.39, 0.29) is 13.4 Å². The molecule has 0 fully saturated rings. The molecular formula is C62H38B2N2S4. The van der Waals surface area contributed by atoms with Gasteiger partial charge in [0.1, 0.15) is 0 Å². The first-order valence-corrected chi connectivity index (χ1v) is 27.1. The quantitative estimate of drug-likeness (QED) is 0.152. The predicted molar refractivity (Wildman–Crippen MR) is 302 cm³/mol. The van der Waals surface area contributed by atoms with E-state index in [0.717, 1.165) is 34.1 Å². The molecule has 4 aliphatic heterocycles. The van der Waals surface area contributed by atoms with Gasteiger partial charge in [-0.15, -0.1) is 0 Å². The molecule has 2 nitrogen and oxygen atoms in total. The van der Waals surface area contributed by atoms with Crippen LogP contribution in [0.4, 0.5) is 34.1 Å². The van der Waals surface area contributed by atoms with E-state index in [2.05, 4.69) is 240 Å². The Balaban J connectivity index is 0.899. The molecule has 11 aromatic rings. The summed E-state index contributed by atoms with van der Waals surface area (Å²) in [6, 6.07) is 85.7. The average molecular weight is 961 g/mol. The summed E-state index contributed by atoms with van der Waals surface area (Å²) in [4.78, 5) is 15.6. The van der Waals surface area contributed by atoms with Crippen molar-refractivity contribution < 1.29 is 0 Å². The first-order chi connectivity index (χ1) is 34.7. The van der Waals surface area contributed by atoms with Crippen molar-refractivity contribution in [3.63, 3.8) is 0 Å². The van der Waals surface area contributed by atoms with Crippen molar-refractivity contribution in [2.24, 2.45) is 0 Å². The fraction of sp³-hybridized carbons (Fsp3) is 0. The number of para-hydroxylation sites is 4. The smallest absolute Gasteiger partial charge is 0.247 e. The van der Waals surface area contributed by atoms with Crippen molar-refractivity contribution in [1.29, 1.82) is 0 Å². The van der Waals surface area contributed by atoms with Crippen LogP contribution in [0.3, 0.4) is 0 Å². The second kappa shape index (κ2) is 16.3. The van der Waals surface area contributed by atoms with Gasteiger partial charge in [0, 0.05) is 73.3 Å². The van der Waals surface area contributed by atoms with E-state index in [1.54, 1.807) is 0 Å². The van der Waals surface area contributed by atoms with Crippen molar-refractivity contribution in [3.8, 4) is 0 Å². The molecule has 0 unspecified atom stereocenters. The van der Waals surface area contributed by atoms with Crippen LogP contribution in [0, 0.1) is 0 Å². The molecule has 326 valence electrons. The number of fused-ring (bicyclic) bond motifs is 12. The topological polar surface area (TPSA) is 6.48 Å². The van der Waals surface area contributed by atoms with Crippen LogP contribution < -0.4 is 42.6 Å². The number of rotatable bonds is 6. The largest absolute Gasteiger partial charge is 0.310 e. The Kier molecular flexibility index (Phi) is 9.54. The Morgan fingerprint density at radius 3 is 1.03 bits per heavy atom. The number of nitrogens with zero attached hydrogens (tertiary/aromatic N) is 2. The Morgan fingerprint density at radius 1 is 0.257 bits per heavy atom. The van der Waals surface area contributed by atoms with Gasteiger partial charge in [0.15, 0.2) is 0 Å². The van der Waals surface area contributed by atoms with Gasteiger partial charge in [-0.3, -0.25) is 0 Å². The van der Waals surface area contributed by atoms with Crippen LogP contribution in [0.1, 0.15) is 0 Å². The van der Waals surface area contributed by atoms with E-state index in [4.69, 9.17) is 0 Å². The highest BCUT2D eigenvalue weighted by atomic mass is 32.2. The second-order valence-electron chi connectivity index (χ2n) is 18.3. The van der Waals surface area contributed by atoms with Crippen LogP contribution in [-0.4, -0.2) is 13.4 Å². The third-order valence-electron chi connectivity index (χ3n) is 14.4. The van der Waals surface area contributed by atoms with Crippen molar-refractivity contribution in [2.75, 3.05) is 9.80 Å². The molecule has 11 aromatic carbocycles. The minimum Gasteiger partial charge on any atom is -0.310 e. The zero-order valence-electron chi connectivity index (χ0n) is 37.6. The second-order valence-corrected chi connectivity index (χ2v) is 22.6. The van der Waals surface area contributed by atoms with Crippen LogP contribution in [-0.2, 0) is 0 Å². The monoisotopic (exact) mass is 960 g/mol. The average Bonchev–Trinajstić information content (AvgIpc) is 3.41. The molecule has 0 aliphatic carbocycles. The maximum Gasteiger partial charge on any atom is 0.247 e. The molecule has 15 rings (SSSR count). The maximum absolute atomic E-state index is 2.63. The third kappa shape index (κ3) is 6.43. The summed E-state index contributed by atoms with van der Waals surface area (Å²) in [5.41, 5.74) is 15.4. The predicted octanol–water partition coefficient (Wildman–Crippen LogP) is 13.8. The van der Waals surface area contributed by atoms with Gasteiger partial charge in [-0.05, 0) is 136 Å². The lowest BCUT2D eigenvalue weighted by molar-refractivity contribution is 1.28. The number of hydrogen-bond donors (Lipinski definition) is 0. The highest BCUT2D eigenvalue weighted by molar-refractivity contribution is 8.02. The van der Waals surface area contributed by atoms with Crippen LogP contribution in [0.15, 0.2) is 270 Å². The van der Waals surface area contributed by atoms with E-state index in [0.29, 0.717) is 0 Å². The summed E-state index contributed by atoms with van der Waals surface area (Å²) in [5.74, 6) is 0. The van der Waals surface area contributed by atoms with Gasteiger partial charge in [0.05, 0.1) is 0 Å². The first kappa shape index (κ1) is 40.9. The molecule has 0 amide bonds. The molecule has 0 spiro atoms. The highest BCUT2D eigenvalue weighted by Gasteiger charge is 2.43.